The largest absolute Gasteiger partial charge is 0.351 e. The van der Waals surface area contributed by atoms with Crippen molar-refractivity contribution < 1.29 is 14.0 Å². The van der Waals surface area contributed by atoms with E-state index in [-0.39, 0.29) is 5.75 Å². The van der Waals surface area contributed by atoms with Crippen LogP contribution < -0.4 is 11.1 Å². The predicted molar refractivity (Wildman–Crippen MR) is 84.1 cm³/mol. The molecule has 0 saturated carbocycles. The summed E-state index contributed by atoms with van der Waals surface area (Å²) in [5.74, 6) is -0.715. The van der Waals surface area contributed by atoms with Gasteiger partial charge in [-0.05, 0) is 12.1 Å². The number of nitrogens with zero attached hydrogens (tertiary/aromatic N) is 3. The highest BCUT2D eigenvalue weighted by Crippen LogP contribution is 2.25. The lowest BCUT2D eigenvalue weighted by atomic mass is 10.2. The molecule has 2 aromatic rings. The van der Waals surface area contributed by atoms with E-state index in [1.807, 2.05) is 5.32 Å². The Hall–Kier alpha value is -2.68. The molecule has 0 atom stereocenters. The first kappa shape index (κ1) is 16.7. The van der Waals surface area contributed by atoms with Gasteiger partial charge in [0.1, 0.15) is 5.82 Å². The second-order valence-corrected chi connectivity index (χ2v) is 5.33. The van der Waals surface area contributed by atoms with Crippen molar-refractivity contribution in [1.82, 2.24) is 20.1 Å². The van der Waals surface area contributed by atoms with Gasteiger partial charge in [-0.15, -0.1) is 16.8 Å². The molecule has 0 bridgehead atoms. The first-order valence-corrected chi connectivity index (χ1v) is 7.52. The van der Waals surface area contributed by atoms with Crippen LogP contribution in [-0.4, -0.2) is 32.5 Å². The molecule has 0 unspecified atom stereocenters. The van der Waals surface area contributed by atoms with E-state index in [1.165, 1.54) is 6.07 Å². The lowest BCUT2D eigenvalue weighted by Crippen LogP contribution is -2.36. The van der Waals surface area contributed by atoms with Gasteiger partial charge in [-0.1, -0.05) is 30.0 Å². The minimum Gasteiger partial charge on any atom is -0.351 e. The molecule has 7 nitrogen and oxygen atoms in total. The maximum absolute atomic E-state index is 13.9. The van der Waals surface area contributed by atoms with Crippen molar-refractivity contribution in [3.63, 3.8) is 0 Å². The number of carbonyl (C=O) groups is 2. The van der Waals surface area contributed by atoms with Gasteiger partial charge in [-0.2, -0.15) is 0 Å². The van der Waals surface area contributed by atoms with E-state index in [4.69, 9.17) is 5.73 Å². The average Bonchev–Trinajstić information content (AvgIpc) is 2.88. The third-order valence-corrected chi connectivity index (χ3v) is 3.71. The van der Waals surface area contributed by atoms with Gasteiger partial charge in [0.2, 0.25) is 5.91 Å². The number of primary amides is 1. The Kier molecular flexibility index (Phi) is 5.47. The molecule has 3 N–H and O–H groups in total. The molecule has 0 saturated heterocycles. The Bertz CT molecular complexity index is 747. The Morgan fingerprint density at radius 2 is 2.13 bits per heavy atom. The predicted octanol–water partition coefficient (Wildman–Crippen LogP) is 1.56. The number of imide groups is 1. The molecule has 120 valence electrons. The number of nitrogens with one attached hydrogen (secondary N) is 1. The molecule has 0 fully saturated rings. The highest BCUT2D eigenvalue weighted by Gasteiger charge is 2.17. The Morgan fingerprint density at radius 1 is 1.39 bits per heavy atom. The van der Waals surface area contributed by atoms with Gasteiger partial charge >= 0.3 is 6.03 Å². The van der Waals surface area contributed by atoms with Gasteiger partial charge < -0.3 is 5.73 Å². The van der Waals surface area contributed by atoms with E-state index in [9.17, 15) is 14.0 Å². The molecular formula is C14H14FN5O2S. The van der Waals surface area contributed by atoms with Crippen LogP contribution in [0.3, 0.4) is 0 Å². The molecule has 1 aromatic heterocycles. The van der Waals surface area contributed by atoms with E-state index in [2.05, 4.69) is 16.8 Å². The van der Waals surface area contributed by atoms with Crippen molar-refractivity contribution >= 4 is 23.7 Å². The fraction of sp³-hybridized carbons (Fsp3) is 0.143. The van der Waals surface area contributed by atoms with Crippen molar-refractivity contribution in [3.05, 3.63) is 42.7 Å². The van der Waals surface area contributed by atoms with Crippen LogP contribution in [0.25, 0.3) is 11.4 Å². The molecule has 0 spiro atoms. The number of rotatable bonds is 6. The summed E-state index contributed by atoms with van der Waals surface area (Å²) in [5.41, 5.74) is 5.17. The third kappa shape index (κ3) is 4.16. The first-order valence-electron chi connectivity index (χ1n) is 6.54. The van der Waals surface area contributed by atoms with E-state index in [0.29, 0.717) is 23.1 Å². The monoisotopic (exact) mass is 335 g/mol. The van der Waals surface area contributed by atoms with E-state index in [1.54, 1.807) is 28.8 Å². The number of aromatic nitrogens is 3. The van der Waals surface area contributed by atoms with Gasteiger partial charge in [0.25, 0.3) is 0 Å². The van der Waals surface area contributed by atoms with E-state index in [0.717, 1.165) is 11.8 Å². The van der Waals surface area contributed by atoms with Gasteiger partial charge in [0.05, 0.1) is 11.3 Å². The van der Waals surface area contributed by atoms with Gasteiger partial charge in [0.15, 0.2) is 11.0 Å². The lowest BCUT2D eigenvalue weighted by Gasteiger charge is -2.08. The molecular weight excluding hydrogens is 321 g/mol. The minimum absolute atomic E-state index is 0.0739. The summed E-state index contributed by atoms with van der Waals surface area (Å²) in [7, 11) is 0. The topological polar surface area (TPSA) is 103 Å². The zero-order chi connectivity index (χ0) is 16.8. The molecule has 2 rings (SSSR count). The summed E-state index contributed by atoms with van der Waals surface area (Å²) in [4.78, 5) is 22.1. The number of nitrogens with two attached hydrogens (primary N) is 1. The van der Waals surface area contributed by atoms with Crippen molar-refractivity contribution in [3.8, 4) is 11.4 Å². The summed E-state index contributed by atoms with van der Waals surface area (Å²) in [6, 6.07) is 5.27. The zero-order valence-electron chi connectivity index (χ0n) is 12.0. The first-order chi connectivity index (χ1) is 11.0. The maximum Gasteiger partial charge on any atom is 0.318 e. The second kappa shape index (κ2) is 7.54. The van der Waals surface area contributed by atoms with Crippen LogP contribution in [0.1, 0.15) is 0 Å². The number of hydrogen-bond acceptors (Lipinski definition) is 5. The zero-order valence-corrected chi connectivity index (χ0v) is 12.8. The summed E-state index contributed by atoms with van der Waals surface area (Å²) >= 11 is 1.06. The summed E-state index contributed by atoms with van der Waals surface area (Å²) in [6.45, 7) is 3.99. The highest BCUT2D eigenvalue weighted by atomic mass is 32.2. The Morgan fingerprint density at radius 3 is 2.78 bits per heavy atom. The smallest absolute Gasteiger partial charge is 0.318 e. The molecule has 3 amide bonds. The number of thioether (sulfide) groups is 1. The molecule has 0 radical (unpaired) electrons. The molecule has 0 aliphatic carbocycles. The third-order valence-electron chi connectivity index (χ3n) is 2.74. The maximum atomic E-state index is 13.9. The molecule has 1 aromatic carbocycles. The van der Waals surface area contributed by atoms with Crippen LogP contribution in [0, 0.1) is 5.82 Å². The van der Waals surface area contributed by atoms with E-state index >= 15 is 0 Å². The fourth-order valence-electron chi connectivity index (χ4n) is 1.83. The van der Waals surface area contributed by atoms with Crippen LogP contribution >= 0.6 is 11.8 Å². The lowest BCUT2D eigenvalue weighted by molar-refractivity contribution is -0.117. The SMILES string of the molecule is C=CCn1c(SCC(=O)NC(N)=O)nnc1-c1ccccc1F. The molecule has 1 heterocycles. The number of allylic oxidation sites excluding steroid dienone is 1. The van der Waals surface area contributed by atoms with Crippen molar-refractivity contribution in [1.29, 1.82) is 0 Å². The number of amides is 3. The molecule has 0 aliphatic heterocycles. The fourth-order valence-corrected chi connectivity index (χ4v) is 2.58. The van der Waals surface area contributed by atoms with Crippen LogP contribution in [-0.2, 0) is 11.3 Å². The second-order valence-electron chi connectivity index (χ2n) is 4.39. The van der Waals surface area contributed by atoms with Gasteiger partial charge in [0, 0.05) is 6.54 Å². The Labute approximate surface area is 135 Å². The van der Waals surface area contributed by atoms with Crippen molar-refractivity contribution in [2.24, 2.45) is 5.73 Å². The molecule has 23 heavy (non-hydrogen) atoms. The van der Waals surface area contributed by atoms with Gasteiger partial charge in [-0.3, -0.25) is 14.7 Å². The van der Waals surface area contributed by atoms with Crippen LogP contribution in [0.5, 0.6) is 0 Å². The van der Waals surface area contributed by atoms with E-state index < -0.39 is 17.8 Å². The quantitative estimate of drug-likeness (QED) is 0.616. The molecule has 9 heteroatoms. The average molecular weight is 335 g/mol. The van der Waals surface area contributed by atoms with Gasteiger partial charge in [-0.25, -0.2) is 9.18 Å². The Balaban J connectivity index is 2.25. The summed E-state index contributed by atoms with van der Waals surface area (Å²) in [6.07, 6.45) is 1.61. The number of carbonyl (C=O) groups excluding carboxylic acids is 2. The standard InChI is InChI=1S/C14H14FN5O2S/c1-2-7-20-12(9-5-3-4-6-10(9)15)18-19-14(20)23-8-11(21)17-13(16)22/h2-6H,1,7-8H2,(H3,16,17,21,22). The number of benzene rings is 1. The van der Waals surface area contributed by atoms with Crippen LogP contribution in [0.4, 0.5) is 9.18 Å². The van der Waals surface area contributed by atoms with Crippen LogP contribution in [0.2, 0.25) is 0 Å². The number of halogens is 1. The summed E-state index contributed by atoms with van der Waals surface area (Å²) < 4.78 is 15.6. The number of urea groups is 1. The van der Waals surface area contributed by atoms with Crippen LogP contribution in [0.15, 0.2) is 42.1 Å². The summed E-state index contributed by atoms with van der Waals surface area (Å²) in [5, 5.41) is 10.3. The highest BCUT2D eigenvalue weighted by molar-refractivity contribution is 7.99. The minimum atomic E-state index is -0.921. The molecule has 0 aliphatic rings. The van der Waals surface area contributed by atoms with Crippen molar-refractivity contribution in [2.45, 2.75) is 11.7 Å². The van der Waals surface area contributed by atoms with Crippen molar-refractivity contribution in [2.75, 3.05) is 5.75 Å². The number of hydrogen-bond donors (Lipinski definition) is 2. The normalized spacial score (nSPS) is 10.3.